The molecular formula is C19H25N3OS. The monoisotopic (exact) mass is 343 g/mol. The quantitative estimate of drug-likeness (QED) is 0.799. The summed E-state index contributed by atoms with van der Waals surface area (Å²) in [7, 11) is 1.70. The van der Waals surface area contributed by atoms with E-state index >= 15 is 0 Å². The van der Waals surface area contributed by atoms with Crippen LogP contribution in [0.4, 0.5) is 5.69 Å². The maximum Gasteiger partial charge on any atom is 0.174 e. The lowest BCUT2D eigenvalue weighted by Crippen LogP contribution is -2.39. The number of thiocarbonyl (C=S) groups is 1. The molecule has 4 nitrogen and oxygen atoms in total. The molecule has 24 heavy (non-hydrogen) atoms. The largest absolute Gasteiger partial charge is 0.383 e. The molecule has 0 radical (unpaired) electrons. The Hall–Kier alpha value is -1.98. The molecule has 0 aliphatic carbocycles. The Balaban J connectivity index is 2.18. The van der Waals surface area contributed by atoms with E-state index in [0.717, 1.165) is 11.4 Å². The highest BCUT2D eigenvalue weighted by Crippen LogP contribution is 2.20. The Morgan fingerprint density at radius 2 is 1.96 bits per heavy atom. The molecule has 1 N–H and O–H groups in total. The molecule has 0 aliphatic rings. The van der Waals surface area contributed by atoms with Crippen LogP contribution in [-0.2, 0) is 4.74 Å². The number of anilines is 1. The second-order valence-corrected chi connectivity index (χ2v) is 6.31. The van der Waals surface area contributed by atoms with Crippen molar-refractivity contribution in [1.29, 1.82) is 0 Å². The van der Waals surface area contributed by atoms with Gasteiger partial charge in [-0.15, -0.1) is 0 Å². The number of nitrogens with zero attached hydrogens (tertiary/aromatic N) is 2. The number of aryl methyl sites for hydroxylation is 2. The van der Waals surface area contributed by atoms with Gasteiger partial charge in [0, 0.05) is 25.5 Å². The summed E-state index contributed by atoms with van der Waals surface area (Å²) in [5.41, 5.74) is 4.41. The first-order valence-corrected chi connectivity index (χ1v) is 8.48. The van der Waals surface area contributed by atoms with Crippen molar-refractivity contribution in [3.05, 3.63) is 59.4 Å². The van der Waals surface area contributed by atoms with Gasteiger partial charge >= 0.3 is 0 Å². The van der Waals surface area contributed by atoms with Crippen LogP contribution in [0, 0.1) is 13.8 Å². The third kappa shape index (κ3) is 5.01. The Bertz CT molecular complexity index is 655. The average Bonchev–Trinajstić information content (AvgIpc) is 2.54. The van der Waals surface area contributed by atoms with Crippen molar-refractivity contribution in [2.24, 2.45) is 0 Å². The standard InChI is InChI=1S/C19H25N3OS/c1-14-11-15(2)13-17(12-14)21-19(24)22(9-10-23-4)16(3)18-7-5-6-8-20-18/h5-8,11-13,16H,9-10H2,1-4H3,(H,21,24)/t16-/m0/s1. The first-order chi connectivity index (χ1) is 11.5. The van der Waals surface area contributed by atoms with E-state index < -0.39 is 0 Å². The SMILES string of the molecule is COCCN(C(=S)Nc1cc(C)cc(C)c1)[C@@H](C)c1ccccn1. The van der Waals surface area contributed by atoms with Gasteiger partial charge in [0.1, 0.15) is 0 Å². The van der Waals surface area contributed by atoms with E-state index in [1.54, 1.807) is 13.3 Å². The van der Waals surface area contributed by atoms with Crippen LogP contribution in [0.3, 0.4) is 0 Å². The van der Waals surface area contributed by atoms with E-state index in [2.05, 4.69) is 54.2 Å². The molecule has 0 saturated carbocycles. The number of hydrogen-bond donors (Lipinski definition) is 1. The smallest absolute Gasteiger partial charge is 0.174 e. The van der Waals surface area contributed by atoms with Crippen molar-refractivity contribution in [3.63, 3.8) is 0 Å². The molecule has 0 unspecified atom stereocenters. The number of aromatic nitrogens is 1. The average molecular weight is 343 g/mol. The second kappa shape index (κ2) is 8.76. The zero-order chi connectivity index (χ0) is 17.5. The van der Waals surface area contributed by atoms with E-state index in [4.69, 9.17) is 17.0 Å². The Labute approximate surface area is 149 Å². The number of rotatable bonds is 6. The fraction of sp³-hybridized carbons (Fsp3) is 0.368. The molecule has 1 aromatic carbocycles. The molecule has 0 fully saturated rings. The van der Waals surface area contributed by atoms with Gasteiger partial charge in [0.15, 0.2) is 5.11 Å². The normalized spacial score (nSPS) is 11.8. The fourth-order valence-electron chi connectivity index (χ4n) is 2.69. The van der Waals surface area contributed by atoms with Crippen LogP contribution >= 0.6 is 12.2 Å². The van der Waals surface area contributed by atoms with Crippen LogP contribution < -0.4 is 5.32 Å². The van der Waals surface area contributed by atoms with Crippen molar-refractivity contribution < 1.29 is 4.74 Å². The summed E-state index contributed by atoms with van der Waals surface area (Å²) >= 11 is 5.67. The summed E-state index contributed by atoms with van der Waals surface area (Å²) in [6, 6.07) is 12.3. The molecule has 1 aromatic heterocycles. The highest BCUT2D eigenvalue weighted by Gasteiger charge is 2.19. The molecule has 0 spiro atoms. The molecule has 0 aliphatic heterocycles. The lowest BCUT2D eigenvalue weighted by atomic mass is 10.1. The Morgan fingerprint density at radius 1 is 1.25 bits per heavy atom. The molecule has 2 aromatic rings. The van der Waals surface area contributed by atoms with E-state index in [1.807, 2.05) is 18.2 Å². The summed E-state index contributed by atoms with van der Waals surface area (Å²) in [5, 5.41) is 4.03. The van der Waals surface area contributed by atoms with E-state index in [0.29, 0.717) is 18.3 Å². The van der Waals surface area contributed by atoms with Crippen LogP contribution in [0.5, 0.6) is 0 Å². The first kappa shape index (κ1) is 18.4. The minimum absolute atomic E-state index is 0.0623. The van der Waals surface area contributed by atoms with Crippen molar-refractivity contribution in [1.82, 2.24) is 9.88 Å². The maximum atomic E-state index is 5.67. The van der Waals surface area contributed by atoms with Crippen LogP contribution in [0.25, 0.3) is 0 Å². The van der Waals surface area contributed by atoms with Crippen molar-refractivity contribution in [3.8, 4) is 0 Å². The van der Waals surface area contributed by atoms with E-state index in [9.17, 15) is 0 Å². The Morgan fingerprint density at radius 3 is 2.54 bits per heavy atom. The third-order valence-corrected chi connectivity index (χ3v) is 4.19. The van der Waals surface area contributed by atoms with Crippen molar-refractivity contribution in [2.45, 2.75) is 26.8 Å². The van der Waals surface area contributed by atoms with Gasteiger partial charge in [0.25, 0.3) is 0 Å². The molecule has 0 bridgehead atoms. The van der Waals surface area contributed by atoms with Crippen molar-refractivity contribution in [2.75, 3.05) is 25.6 Å². The number of nitrogens with one attached hydrogen (secondary N) is 1. The number of benzene rings is 1. The molecule has 0 saturated heterocycles. The van der Waals surface area contributed by atoms with Crippen molar-refractivity contribution >= 4 is 23.0 Å². The molecule has 5 heteroatoms. The molecule has 2 rings (SSSR count). The number of hydrogen-bond acceptors (Lipinski definition) is 3. The number of pyridine rings is 1. The molecule has 0 amide bonds. The fourth-order valence-corrected chi connectivity index (χ4v) is 3.05. The zero-order valence-corrected chi connectivity index (χ0v) is 15.6. The minimum Gasteiger partial charge on any atom is -0.383 e. The van der Waals surface area contributed by atoms with Crippen LogP contribution in [0.15, 0.2) is 42.6 Å². The third-order valence-electron chi connectivity index (χ3n) is 3.85. The summed E-state index contributed by atoms with van der Waals surface area (Å²) in [6.45, 7) is 7.57. The summed E-state index contributed by atoms with van der Waals surface area (Å²) < 4.78 is 5.25. The molecule has 128 valence electrons. The van der Waals surface area contributed by atoms with Gasteiger partial charge < -0.3 is 15.0 Å². The molecule has 1 heterocycles. The number of methoxy groups -OCH3 is 1. The highest BCUT2D eigenvalue weighted by molar-refractivity contribution is 7.80. The van der Waals surface area contributed by atoms with Gasteiger partial charge in [0.05, 0.1) is 18.3 Å². The topological polar surface area (TPSA) is 37.4 Å². The van der Waals surface area contributed by atoms with E-state index in [1.165, 1.54) is 11.1 Å². The lowest BCUT2D eigenvalue weighted by Gasteiger charge is -2.31. The molecular weight excluding hydrogens is 318 g/mol. The summed E-state index contributed by atoms with van der Waals surface area (Å²) in [4.78, 5) is 6.57. The number of ether oxygens (including phenoxy) is 1. The minimum atomic E-state index is 0.0623. The highest BCUT2D eigenvalue weighted by atomic mass is 32.1. The second-order valence-electron chi connectivity index (χ2n) is 5.92. The summed E-state index contributed by atoms with van der Waals surface area (Å²) in [5.74, 6) is 0. The van der Waals surface area contributed by atoms with Crippen LogP contribution in [-0.4, -0.2) is 35.3 Å². The van der Waals surface area contributed by atoms with Crippen LogP contribution in [0.2, 0.25) is 0 Å². The van der Waals surface area contributed by atoms with Gasteiger partial charge in [-0.05, 0) is 68.4 Å². The van der Waals surface area contributed by atoms with Gasteiger partial charge in [-0.25, -0.2) is 0 Å². The van der Waals surface area contributed by atoms with Gasteiger partial charge in [0.2, 0.25) is 0 Å². The first-order valence-electron chi connectivity index (χ1n) is 8.07. The van der Waals surface area contributed by atoms with Gasteiger partial charge in [-0.2, -0.15) is 0 Å². The maximum absolute atomic E-state index is 5.67. The Kier molecular flexibility index (Phi) is 6.70. The summed E-state index contributed by atoms with van der Waals surface area (Å²) in [6.07, 6.45) is 1.81. The lowest BCUT2D eigenvalue weighted by molar-refractivity contribution is 0.164. The zero-order valence-electron chi connectivity index (χ0n) is 14.7. The van der Waals surface area contributed by atoms with Gasteiger partial charge in [-0.1, -0.05) is 12.1 Å². The van der Waals surface area contributed by atoms with Crippen LogP contribution in [0.1, 0.15) is 29.8 Å². The molecule has 1 atom stereocenters. The van der Waals surface area contributed by atoms with Gasteiger partial charge in [-0.3, -0.25) is 4.98 Å². The predicted molar refractivity (Wildman–Crippen MR) is 103 cm³/mol. The van der Waals surface area contributed by atoms with E-state index in [-0.39, 0.29) is 6.04 Å². The predicted octanol–water partition coefficient (Wildman–Crippen LogP) is 4.10.